The summed E-state index contributed by atoms with van der Waals surface area (Å²) in [6.07, 6.45) is 7.56. The minimum absolute atomic E-state index is 0.0438. The van der Waals surface area contributed by atoms with Gasteiger partial charge in [0.25, 0.3) is 0 Å². The monoisotopic (exact) mass is 522 g/mol. The largest absolute Gasteiger partial charge is 0.523 e. The molecule has 0 aromatic carbocycles. The normalized spacial score (nSPS) is 47.4. The Labute approximate surface area is 228 Å². The van der Waals surface area contributed by atoms with Gasteiger partial charge in [0, 0.05) is 16.9 Å². The number of hydrogen-bond acceptors (Lipinski definition) is 4. The highest BCUT2D eigenvalue weighted by Gasteiger charge is 2.70. The van der Waals surface area contributed by atoms with Crippen molar-refractivity contribution in [2.75, 3.05) is 7.11 Å². The number of aliphatic hydroxyl groups excluding tert-OH is 1. The van der Waals surface area contributed by atoms with Gasteiger partial charge in [-0.1, -0.05) is 54.0 Å². The summed E-state index contributed by atoms with van der Waals surface area (Å²) >= 11 is 0. The zero-order valence-electron chi connectivity index (χ0n) is 24.5. The maximum atomic E-state index is 14.5. The molecule has 0 heterocycles. The van der Waals surface area contributed by atoms with Gasteiger partial charge in [-0.15, -0.1) is 0 Å². The maximum absolute atomic E-state index is 14.5. The third-order valence-electron chi connectivity index (χ3n) is 13.0. The average molecular weight is 523 g/mol. The van der Waals surface area contributed by atoms with Gasteiger partial charge in [0.05, 0.1) is 13.7 Å². The Kier molecular flexibility index (Phi) is 6.00. The Bertz CT molecular complexity index is 1180. The van der Waals surface area contributed by atoms with E-state index in [2.05, 4.69) is 58.6 Å². The molecule has 0 spiro atoms. The summed E-state index contributed by atoms with van der Waals surface area (Å²) in [4.78, 5) is 30.9. The van der Waals surface area contributed by atoms with Crippen LogP contribution in [-0.2, 0) is 9.53 Å². The van der Waals surface area contributed by atoms with Crippen LogP contribution >= 0.6 is 0 Å². The van der Waals surface area contributed by atoms with Crippen molar-refractivity contribution in [2.24, 2.45) is 51.2 Å². The van der Waals surface area contributed by atoms with Crippen molar-refractivity contribution in [1.29, 1.82) is 0 Å². The fourth-order valence-electron chi connectivity index (χ4n) is 10.6. The van der Waals surface area contributed by atoms with Crippen LogP contribution in [0.3, 0.4) is 0 Å². The topological polar surface area (TPSA) is 80.0 Å². The van der Waals surface area contributed by atoms with Crippen molar-refractivity contribution in [2.45, 2.75) is 99.0 Å². The van der Waals surface area contributed by atoms with Gasteiger partial charge in [0.1, 0.15) is 5.76 Å². The maximum Gasteiger partial charge on any atom is 0.407 e. The predicted molar refractivity (Wildman–Crippen MR) is 147 cm³/mol. The van der Waals surface area contributed by atoms with Crippen LogP contribution in [0.4, 0.5) is 4.79 Å². The van der Waals surface area contributed by atoms with Crippen molar-refractivity contribution >= 4 is 11.9 Å². The number of ether oxygens (including phenoxy) is 1. The Hall–Kier alpha value is -2.29. The predicted octanol–water partition coefficient (Wildman–Crippen LogP) is 7.23. The molecule has 3 saturated carbocycles. The second kappa shape index (κ2) is 8.35. The van der Waals surface area contributed by atoms with Crippen LogP contribution in [-0.4, -0.2) is 29.6 Å². The lowest BCUT2D eigenvalue weighted by molar-refractivity contribution is -0.166. The molecular formula is C32H46N2O4. The zero-order valence-corrected chi connectivity index (χ0v) is 24.5. The lowest BCUT2D eigenvalue weighted by Crippen LogP contribution is -2.70. The fourth-order valence-corrected chi connectivity index (χ4v) is 10.6. The summed E-state index contributed by atoms with van der Waals surface area (Å²) in [6, 6.07) is 0. The average Bonchev–Trinajstić information content (AvgIpc) is 2.86. The first-order chi connectivity index (χ1) is 17.6. The number of fused-ring (bicyclic) bond motifs is 7. The van der Waals surface area contributed by atoms with Gasteiger partial charge in [-0.3, -0.25) is 4.79 Å². The molecule has 0 unspecified atom stereocenters. The van der Waals surface area contributed by atoms with E-state index >= 15 is 0 Å². The Morgan fingerprint density at radius 3 is 2.42 bits per heavy atom. The molecule has 6 heteroatoms. The molecular weight excluding hydrogens is 476 g/mol. The number of carbonyl (C=O) groups is 2. The van der Waals surface area contributed by atoms with E-state index in [1.165, 1.54) is 12.7 Å². The second-order valence-electron chi connectivity index (χ2n) is 14.7. The van der Waals surface area contributed by atoms with Crippen LogP contribution in [0.15, 0.2) is 23.1 Å². The van der Waals surface area contributed by atoms with E-state index in [0.29, 0.717) is 24.0 Å². The van der Waals surface area contributed by atoms with Gasteiger partial charge >= 0.3 is 6.09 Å². The number of nitrogens with zero attached hydrogens (tertiary/aromatic N) is 1. The Morgan fingerprint density at radius 2 is 1.79 bits per heavy atom. The van der Waals surface area contributed by atoms with E-state index in [1.807, 2.05) is 6.08 Å². The van der Waals surface area contributed by atoms with Gasteiger partial charge in [-0.25, -0.2) is 9.64 Å². The van der Waals surface area contributed by atoms with Crippen molar-refractivity contribution in [3.05, 3.63) is 34.5 Å². The van der Waals surface area contributed by atoms with Gasteiger partial charge in [-0.05, 0) is 90.9 Å². The first-order valence-corrected chi connectivity index (χ1v) is 14.6. The van der Waals surface area contributed by atoms with Gasteiger partial charge in [0.2, 0.25) is 5.70 Å². The summed E-state index contributed by atoms with van der Waals surface area (Å²) in [5.74, 6) is 1.20. The summed E-state index contributed by atoms with van der Waals surface area (Å²) < 4.78 is 5.08. The highest BCUT2D eigenvalue weighted by Crippen LogP contribution is 2.74. The van der Waals surface area contributed by atoms with E-state index in [4.69, 9.17) is 11.3 Å². The third kappa shape index (κ3) is 3.23. The molecule has 6 nitrogen and oxygen atoms in total. The van der Waals surface area contributed by atoms with E-state index in [9.17, 15) is 14.7 Å². The number of allylic oxidation sites excluding steroid dienone is 4. The number of hydrogen-bond donors (Lipinski definition) is 2. The number of nitrogens with one attached hydrogen (secondary N) is 1. The van der Waals surface area contributed by atoms with Crippen molar-refractivity contribution in [3.8, 4) is 0 Å². The lowest BCUT2D eigenvalue weighted by Gasteiger charge is -2.70. The first-order valence-electron chi connectivity index (χ1n) is 14.6. The van der Waals surface area contributed by atoms with Gasteiger partial charge in [0.15, 0.2) is 5.78 Å². The number of carbonyl (C=O) groups excluding carboxylic acids is 2. The van der Waals surface area contributed by atoms with E-state index in [0.717, 1.165) is 38.5 Å². The van der Waals surface area contributed by atoms with E-state index < -0.39 is 17.0 Å². The smallest absolute Gasteiger partial charge is 0.407 e. The van der Waals surface area contributed by atoms with E-state index in [-0.39, 0.29) is 45.5 Å². The van der Waals surface area contributed by atoms with Crippen LogP contribution in [0.2, 0.25) is 0 Å². The molecule has 5 aliphatic rings. The van der Waals surface area contributed by atoms with Crippen molar-refractivity contribution in [3.63, 3.8) is 0 Å². The van der Waals surface area contributed by atoms with Gasteiger partial charge in [-0.2, -0.15) is 0 Å². The number of amides is 1. The quantitative estimate of drug-likeness (QED) is 0.356. The number of rotatable bonds is 1. The van der Waals surface area contributed by atoms with E-state index in [1.54, 1.807) is 0 Å². The molecule has 0 aromatic rings. The van der Waals surface area contributed by atoms with Crippen LogP contribution in [0.5, 0.6) is 0 Å². The fraction of sp³-hybridized carbons (Fsp3) is 0.781. The Balaban J connectivity index is 1.67. The molecule has 0 saturated heterocycles. The second-order valence-corrected chi connectivity index (χ2v) is 14.7. The summed E-state index contributed by atoms with van der Waals surface area (Å²) in [6.45, 7) is 23.5. The first kappa shape index (κ1) is 27.3. The highest BCUT2D eigenvalue weighted by atomic mass is 16.5. The standard InChI is InChI=1S/C32H46N2O4/c1-18-10-13-32(34-27(37)38-9)15-14-31(7)25(24(32)19(18)2)21(35)16-23-29(5)17-20(33-8)26(36)28(3,4)22(29)11-12-30(23,31)6/h16,18-19,22,24-25,36H,10-15,17H2,1-7,9H3,(H,34,37)/t18-,19+,22+,24+,25-,29+,30-,31-,32+/m1/s1. The molecule has 0 bridgehead atoms. The van der Waals surface area contributed by atoms with Crippen LogP contribution in [0.25, 0.3) is 4.85 Å². The Morgan fingerprint density at radius 1 is 1.11 bits per heavy atom. The molecule has 5 aliphatic carbocycles. The zero-order chi connectivity index (χ0) is 28.1. The molecule has 208 valence electrons. The van der Waals surface area contributed by atoms with Crippen LogP contribution in [0, 0.1) is 57.8 Å². The molecule has 2 N–H and O–H groups in total. The van der Waals surface area contributed by atoms with Crippen molar-refractivity contribution in [1.82, 2.24) is 5.32 Å². The minimum atomic E-state index is -0.519. The number of methoxy groups -OCH3 is 1. The van der Waals surface area contributed by atoms with Crippen LogP contribution < -0.4 is 5.32 Å². The molecule has 5 rings (SSSR count). The molecule has 0 aliphatic heterocycles. The third-order valence-corrected chi connectivity index (χ3v) is 13.0. The number of ketones is 1. The molecule has 1 amide bonds. The highest BCUT2D eigenvalue weighted by molar-refractivity contribution is 5.95. The van der Waals surface area contributed by atoms with Gasteiger partial charge < -0.3 is 15.2 Å². The molecule has 0 radical (unpaired) electrons. The number of aliphatic hydroxyl groups is 1. The molecule has 9 atom stereocenters. The van der Waals surface area contributed by atoms with Crippen molar-refractivity contribution < 1.29 is 19.4 Å². The summed E-state index contributed by atoms with van der Waals surface area (Å²) in [5, 5.41) is 14.3. The molecule has 38 heavy (non-hydrogen) atoms. The van der Waals surface area contributed by atoms with Crippen LogP contribution in [0.1, 0.15) is 93.4 Å². The SMILES string of the molecule is [C-]#[N+]C1=C(O)C(C)(C)[C@@H]2CC[C@]3(C)C(=CC(=O)[C@@H]4[C@@H]5[C@@H](C)[C@H](C)CC[C@]5(NC(=O)OC)CC[C@]43C)[C@@]2(C)C1. The summed E-state index contributed by atoms with van der Waals surface area (Å²) in [5.41, 5.74) is -0.142. The lowest BCUT2D eigenvalue weighted by atomic mass is 9.34. The summed E-state index contributed by atoms with van der Waals surface area (Å²) in [7, 11) is 1.42. The molecule has 0 aromatic heterocycles. The number of alkyl carbamates (subject to hydrolysis) is 1. The molecule has 3 fully saturated rings. The minimum Gasteiger partial charge on any atom is -0.523 e.